The fourth-order valence-corrected chi connectivity index (χ4v) is 2.58. The second-order valence-electron chi connectivity index (χ2n) is 5.12. The van der Waals surface area contributed by atoms with Gasteiger partial charge in [-0.05, 0) is 32.5 Å². The van der Waals surface area contributed by atoms with Crippen molar-refractivity contribution in [2.45, 2.75) is 31.8 Å². The molecule has 0 radical (unpaired) electrons. The number of para-hydroxylation sites is 1. The number of hydrogen-bond acceptors (Lipinski definition) is 3. The maximum absolute atomic E-state index is 8.96. The number of rotatable bonds is 2. The SMILES string of the molecule is CC1CCN(C)C(CC#N)CN1c1ccccc1. The van der Waals surface area contributed by atoms with E-state index in [-0.39, 0.29) is 0 Å². The topological polar surface area (TPSA) is 30.3 Å². The Hall–Kier alpha value is -1.53. The average molecular weight is 243 g/mol. The van der Waals surface area contributed by atoms with Gasteiger partial charge in [-0.25, -0.2) is 0 Å². The van der Waals surface area contributed by atoms with Gasteiger partial charge in [-0.3, -0.25) is 0 Å². The second-order valence-corrected chi connectivity index (χ2v) is 5.12. The predicted molar refractivity (Wildman–Crippen MR) is 74.5 cm³/mol. The summed E-state index contributed by atoms with van der Waals surface area (Å²) in [6.07, 6.45) is 1.75. The molecule has 1 heterocycles. The lowest BCUT2D eigenvalue weighted by Gasteiger charge is -2.32. The molecule has 1 saturated heterocycles. The largest absolute Gasteiger partial charge is 0.367 e. The van der Waals surface area contributed by atoms with Crippen LogP contribution in [0.3, 0.4) is 0 Å². The lowest BCUT2D eigenvalue weighted by Crippen LogP contribution is -2.40. The molecule has 2 atom stereocenters. The Morgan fingerprint density at radius 2 is 2.06 bits per heavy atom. The zero-order chi connectivity index (χ0) is 13.0. The van der Waals surface area contributed by atoms with Crippen LogP contribution >= 0.6 is 0 Å². The minimum Gasteiger partial charge on any atom is -0.367 e. The van der Waals surface area contributed by atoms with Crippen molar-refractivity contribution in [1.82, 2.24) is 4.90 Å². The number of benzene rings is 1. The van der Waals surface area contributed by atoms with E-state index in [0.29, 0.717) is 18.5 Å². The molecular formula is C15H21N3. The van der Waals surface area contributed by atoms with Gasteiger partial charge in [0, 0.05) is 30.9 Å². The van der Waals surface area contributed by atoms with E-state index < -0.39 is 0 Å². The molecular weight excluding hydrogens is 222 g/mol. The molecule has 0 N–H and O–H groups in total. The van der Waals surface area contributed by atoms with Crippen LogP contribution < -0.4 is 4.90 Å². The van der Waals surface area contributed by atoms with Crippen LogP contribution in [-0.4, -0.2) is 37.1 Å². The molecule has 1 aromatic rings. The van der Waals surface area contributed by atoms with E-state index in [9.17, 15) is 0 Å². The van der Waals surface area contributed by atoms with Crippen molar-refractivity contribution in [2.75, 3.05) is 25.0 Å². The summed E-state index contributed by atoms with van der Waals surface area (Å²) in [5.41, 5.74) is 1.27. The Morgan fingerprint density at radius 1 is 1.33 bits per heavy atom. The summed E-state index contributed by atoms with van der Waals surface area (Å²) in [7, 11) is 2.13. The Balaban J connectivity index is 2.20. The predicted octanol–water partition coefficient (Wildman–Crippen LogP) is 2.50. The molecule has 1 aliphatic rings. The summed E-state index contributed by atoms with van der Waals surface area (Å²) in [5.74, 6) is 0. The zero-order valence-electron chi connectivity index (χ0n) is 11.2. The molecule has 0 aliphatic carbocycles. The highest BCUT2D eigenvalue weighted by Crippen LogP contribution is 2.23. The first-order valence-corrected chi connectivity index (χ1v) is 6.61. The lowest BCUT2D eigenvalue weighted by molar-refractivity contribution is 0.263. The highest BCUT2D eigenvalue weighted by Gasteiger charge is 2.26. The first-order valence-electron chi connectivity index (χ1n) is 6.61. The smallest absolute Gasteiger partial charge is 0.0638 e. The van der Waals surface area contributed by atoms with Gasteiger partial charge >= 0.3 is 0 Å². The quantitative estimate of drug-likeness (QED) is 0.799. The third-order valence-electron chi connectivity index (χ3n) is 3.88. The van der Waals surface area contributed by atoms with Crippen molar-refractivity contribution in [2.24, 2.45) is 0 Å². The van der Waals surface area contributed by atoms with Crippen LogP contribution in [0.15, 0.2) is 30.3 Å². The van der Waals surface area contributed by atoms with Gasteiger partial charge in [-0.2, -0.15) is 5.26 Å². The van der Waals surface area contributed by atoms with Crippen LogP contribution in [0.4, 0.5) is 5.69 Å². The fraction of sp³-hybridized carbons (Fsp3) is 0.533. The van der Waals surface area contributed by atoms with Crippen LogP contribution in [-0.2, 0) is 0 Å². The van der Waals surface area contributed by atoms with Crippen LogP contribution in [0.1, 0.15) is 19.8 Å². The summed E-state index contributed by atoms with van der Waals surface area (Å²) >= 11 is 0. The Labute approximate surface area is 110 Å². The fourth-order valence-electron chi connectivity index (χ4n) is 2.58. The second kappa shape index (κ2) is 5.88. The third-order valence-corrected chi connectivity index (χ3v) is 3.88. The summed E-state index contributed by atoms with van der Waals surface area (Å²) in [5, 5.41) is 8.96. The van der Waals surface area contributed by atoms with E-state index in [1.54, 1.807) is 0 Å². The van der Waals surface area contributed by atoms with Gasteiger partial charge in [0.05, 0.1) is 12.5 Å². The Kier molecular flexibility index (Phi) is 4.22. The lowest BCUT2D eigenvalue weighted by atomic mass is 10.1. The van der Waals surface area contributed by atoms with Crippen LogP contribution in [0.5, 0.6) is 0 Å². The molecule has 1 fully saturated rings. The summed E-state index contributed by atoms with van der Waals surface area (Å²) in [4.78, 5) is 4.76. The van der Waals surface area contributed by atoms with Crippen molar-refractivity contribution in [1.29, 1.82) is 5.26 Å². The monoisotopic (exact) mass is 243 g/mol. The molecule has 0 aromatic heterocycles. The van der Waals surface area contributed by atoms with Gasteiger partial charge in [0.25, 0.3) is 0 Å². The van der Waals surface area contributed by atoms with Crippen molar-refractivity contribution in [3.05, 3.63) is 30.3 Å². The Morgan fingerprint density at radius 3 is 2.72 bits per heavy atom. The summed E-state index contributed by atoms with van der Waals surface area (Å²) in [6, 6.07) is 13.7. The van der Waals surface area contributed by atoms with E-state index in [2.05, 4.69) is 54.1 Å². The number of hydrogen-bond donors (Lipinski definition) is 0. The molecule has 2 rings (SSSR count). The highest BCUT2D eigenvalue weighted by atomic mass is 15.2. The average Bonchev–Trinajstić information content (AvgIpc) is 2.53. The van der Waals surface area contributed by atoms with Crippen molar-refractivity contribution in [3.8, 4) is 6.07 Å². The number of nitriles is 1. The van der Waals surface area contributed by atoms with E-state index >= 15 is 0 Å². The molecule has 18 heavy (non-hydrogen) atoms. The van der Waals surface area contributed by atoms with Crippen molar-refractivity contribution < 1.29 is 0 Å². The molecule has 0 spiro atoms. The molecule has 1 aliphatic heterocycles. The first kappa shape index (κ1) is 12.9. The minimum atomic E-state index is 0.333. The van der Waals surface area contributed by atoms with E-state index in [0.717, 1.165) is 19.5 Å². The molecule has 1 aromatic carbocycles. The van der Waals surface area contributed by atoms with Gasteiger partial charge in [-0.1, -0.05) is 18.2 Å². The maximum atomic E-state index is 8.96. The first-order chi connectivity index (χ1) is 8.72. The highest BCUT2D eigenvalue weighted by molar-refractivity contribution is 5.47. The van der Waals surface area contributed by atoms with Crippen molar-refractivity contribution >= 4 is 5.69 Å². The number of likely N-dealkylation sites (N-methyl/N-ethyl adjacent to an activating group) is 1. The molecule has 0 bridgehead atoms. The maximum Gasteiger partial charge on any atom is 0.0638 e. The Bertz CT molecular complexity index is 409. The van der Waals surface area contributed by atoms with Crippen molar-refractivity contribution in [3.63, 3.8) is 0 Å². The van der Waals surface area contributed by atoms with Crippen LogP contribution in [0.2, 0.25) is 0 Å². The molecule has 96 valence electrons. The van der Waals surface area contributed by atoms with E-state index in [1.807, 2.05) is 6.07 Å². The third kappa shape index (κ3) is 2.83. The molecule has 3 heteroatoms. The summed E-state index contributed by atoms with van der Waals surface area (Å²) in [6.45, 7) is 4.28. The number of anilines is 1. The number of nitrogens with zero attached hydrogens (tertiary/aromatic N) is 3. The summed E-state index contributed by atoms with van der Waals surface area (Å²) < 4.78 is 0. The van der Waals surface area contributed by atoms with E-state index in [4.69, 9.17) is 5.26 Å². The molecule has 0 amide bonds. The van der Waals surface area contributed by atoms with Gasteiger partial charge in [-0.15, -0.1) is 0 Å². The minimum absolute atomic E-state index is 0.333. The zero-order valence-corrected chi connectivity index (χ0v) is 11.2. The molecule has 2 unspecified atom stereocenters. The standard InChI is InChI=1S/C15H21N3/c1-13-9-11-17(2)15(8-10-16)12-18(13)14-6-4-3-5-7-14/h3-7,13,15H,8-9,11-12H2,1-2H3. The van der Waals surface area contributed by atoms with Gasteiger partial charge < -0.3 is 9.80 Å². The molecule has 3 nitrogen and oxygen atoms in total. The van der Waals surface area contributed by atoms with Crippen LogP contribution in [0, 0.1) is 11.3 Å². The van der Waals surface area contributed by atoms with E-state index in [1.165, 1.54) is 5.69 Å². The van der Waals surface area contributed by atoms with Crippen LogP contribution in [0.25, 0.3) is 0 Å². The normalized spacial score (nSPS) is 25.5. The van der Waals surface area contributed by atoms with Gasteiger partial charge in [0.15, 0.2) is 0 Å². The molecule has 0 saturated carbocycles. The van der Waals surface area contributed by atoms with Gasteiger partial charge in [0.2, 0.25) is 0 Å². The van der Waals surface area contributed by atoms with Gasteiger partial charge in [0.1, 0.15) is 0 Å².